The molecule has 1 saturated carbocycles. The van der Waals surface area contributed by atoms with Crippen molar-refractivity contribution in [3.05, 3.63) is 42.4 Å². The Labute approximate surface area is 140 Å². The third-order valence-corrected chi connectivity index (χ3v) is 4.66. The minimum absolute atomic E-state index is 0.157. The van der Waals surface area contributed by atoms with E-state index in [4.69, 9.17) is 4.98 Å². The molecule has 6 heteroatoms. The van der Waals surface area contributed by atoms with Crippen LogP contribution >= 0.6 is 0 Å². The van der Waals surface area contributed by atoms with Crippen molar-refractivity contribution < 1.29 is 5.11 Å². The van der Waals surface area contributed by atoms with Crippen LogP contribution in [0, 0.1) is 6.92 Å². The number of hydrogen-bond donors (Lipinski definition) is 2. The standard InChI is InChI=1S/C18H21N5O/c1-12-10-20-18(21-13-5-7-14(24)8-6-13)22-17(12)15-11-19-16-4-2-3-9-23(15)16/h2-4,9-11,13-14,24H,5-8H2,1H3,(H,20,21,22)/t13-,14-. The van der Waals surface area contributed by atoms with Gasteiger partial charge < -0.3 is 10.4 Å². The van der Waals surface area contributed by atoms with Gasteiger partial charge in [0.15, 0.2) is 0 Å². The van der Waals surface area contributed by atoms with Crippen molar-refractivity contribution >= 4 is 11.6 Å². The van der Waals surface area contributed by atoms with Gasteiger partial charge in [-0.1, -0.05) is 6.07 Å². The molecule has 1 fully saturated rings. The topological polar surface area (TPSA) is 75.3 Å². The molecular formula is C18H21N5O. The molecule has 2 N–H and O–H groups in total. The number of rotatable bonds is 3. The number of hydrogen-bond acceptors (Lipinski definition) is 5. The van der Waals surface area contributed by atoms with E-state index >= 15 is 0 Å². The number of fused-ring (bicyclic) bond motifs is 1. The van der Waals surface area contributed by atoms with Gasteiger partial charge >= 0.3 is 0 Å². The summed E-state index contributed by atoms with van der Waals surface area (Å²) >= 11 is 0. The fourth-order valence-electron chi connectivity index (χ4n) is 3.28. The van der Waals surface area contributed by atoms with E-state index in [1.54, 1.807) is 0 Å². The molecular weight excluding hydrogens is 302 g/mol. The number of imidazole rings is 1. The number of aliphatic hydroxyl groups is 1. The molecule has 3 aromatic rings. The fraction of sp³-hybridized carbons (Fsp3) is 0.389. The van der Waals surface area contributed by atoms with Gasteiger partial charge in [-0.3, -0.25) is 4.40 Å². The van der Waals surface area contributed by atoms with Gasteiger partial charge in [0.25, 0.3) is 0 Å². The summed E-state index contributed by atoms with van der Waals surface area (Å²) in [6.07, 6.45) is 9.11. The summed E-state index contributed by atoms with van der Waals surface area (Å²) < 4.78 is 2.04. The van der Waals surface area contributed by atoms with Gasteiger partial charge in [-0.25, -0.2) is 15.0 Å². The Balaban J connectivity index is 1.64. The number of aryl methyl sites for hydroxylation is 1. The lowest BCUT2D eigenvalue weighted by Crippen LogP contribution is -2.29. The zero-order valence-corrected chi connectivity index (χ0v) is 13.7. The number of nitrogens with one attached hydrogen (secondary N) is 1. The first-order chi connectivity index (χ1) is 11.7. The van der Waals surface area contributed by atoms with Crippen LogP contribution in [-0.4, -0.2) is 36.6 Å². The van der Waals surface area contributed by atoms with Gasteiger partial charge in [-0.15, -0.1) is 0 Å². The summed E-state index contributed by atoms with van der Waals surface area (Å²) in [6, 6.07) is 6.27. The van der Waals surface area contributed by atoms with Crippen molar-refractivity contribution in [3.8, 4) is 11.4 Å². The molecule has 124 valence electrons. The third-order valence-electron chi connectivity index (χ3n) is 4.66. The van der Waals surface area contributed by atoms with Crippen LogP contribution in [0.1, 0.15) is 31.2 Å². The number of aromatic nitrogens is 4. The van der Waals surface area contributed by atoms with E-state index in [-0.39, 0.29) is 6.10 Å². The van der Waals surface area contributed by atoms with Crippen molar-refractivity contribution in [3.63, 3.8) is 0 Å². The Kier molecular flexibility index (Phi) is 3.90. The Morgan fingerprint density at radius 2 is 1.96 bits per heavy atom. The van der Waals surface area contributed by atoms with Crippen LogP contribution in [0.15, 0.2) is 36.8 Å². The lowest BCUT2D eigenvalue weighted by atomic mass is 9.93. The smallest absolute Gasteiger partial charge is 0.223 e. The average Bonchev–Trinajstić information content (AvgIpc) is 3.03. The van der Waals surface area contributed by atoms with E-state index in [1.165, 1.54) is 0 Å². The first kappa shape index (κ1) is 15.1. The highest BCUT2D eigenvalue weighted by atomic mass is 16.3. The Hall–Kier alpha value is -2.47. The van der Waals surface area contributed by atoms with Crippen LogP contribution in [0.4, 0.5) is 5.95 Å². The number of anilines is 1. The molecule has 0 unspecified atom stereocenters. The summed E-state index contributed by atoms with van der Waals surface area (Å²) in [6.45, 7) is 2.01. The molecule has 1 aliphatic carbocycles. The van der Waals surface area contributed by atoms with Crippen LogP contribution in [0.3, 0.4) is 0 Å². The quantitative estimate of drug-likeness (QED) is 0.775. The Bertz CT molecular complexity index is 851. The molecule has 1 aliphatic rings. The minimum atomic E-state index is -0.157. The molecule has 24 heavy (non-hydrogen) atoms. The van der Waals surface area contributed by atoms with Gasteiger partial charge in [-0.05, 0) is 50.3 Å². The summed E-state index contributed by atoms with van der Waals surface area (Å²) in [5.41, 5.74) is 3.78. The maximum Gasteiger partial charge on any atom is 0.223 e. The monoisotopic (exact) mass is 323 g/mol. The molecule has 0 atom stereocenters. The molecule has 3 heterocycles. The summed E-state index contributed by atoms with van der Waals surface area (Å²) in [5.74, 6) is 0.642. The molecule has 6 nitrogen and oxygen atoms in total. The first-order valence-electron chi connectivity index (χ1n) is 8.41. The van der Waals surface area contributed by atoms with Crippen molar-refractivity contribution in [2.45, 2.75) is 44.8 Å². The zero-order valence-electron chi connectivity index (χ0n) is 13.7. The second kappa shape index (κ2) is 6.20. The van der Waals surface area contributed by atoms with Crippen molar-refractivity contribution in [1.29, 1.82) is 0 Å². The fourth-order valence-corrected chi connectivity index (χ4v) is 3.28. The van der Waals surface area contributed by atoms with Crippen LogP contribution in [0.2, 0.25) is 0 Å². The Morgan fingerprint density at radius 3 is 2.79 bits per heavy atom. The predicted octanol–water partition coefficient (Wildman–Crippen LogP) is 2.82. The molecule has 0 spiro atoms. The number of nitrogens with zero attached hydrogens (tertiary/aromatic N) is 4. The predicted molar refractivity (Wildman–Crippen MR) is 92.8 cm³/mol. The highest BCUT2D eigenvalue weighted by Gasteiger charge is 2.20. The van der Waals surface area contributed by atoms with E-state index in [2.05, 4.69) is 15.3 Å². The van der Waals surface area contributed by atoms with E-state index in [9.17, 15) is 5.11 Å². The van der Waals surface area contributed by atoms with Crippen molar-refractivity contribution in [2.75, 3.05) is 5.32 Å². The second-order valence-corrected chi connectivity index (χ2v) is 6.45. The summed E-state index contributed by atoms with van der Waals surface area (Å²) in [5, 5.41) is 13.0. The highest BCUT2D eigenvalue weighted by molar-refractivity contribution is 5.63. The maximum absolute atomic E-state index is 9.63. The molecule has 0 bridgehead atoms. The third kappa shape index (κ3) is 2.85. The summed E-state index contributed by atoms with van der Waals surface area (Å²) in [7, 11) is 0. The Morgan fingerprint density at radius 1 is 1.12 bits per heavy atom. The van der Waals surface area contributed by atoms with Crippen LogP contribution in [-0.2, 0) is 0 Å². The maximum atomic E-state index is 9.63. The molecule has 0 amide bonds. The van der Waals surface area contributed by atoms with Gasteiger partial charge in [0.1, 0.15) is 5.65 Å². The lowest BCUT2D eigenvalue weighted by molar-refractivity contribution is 0.126. The molecule has 0 aliphatic heterocycles. The van der Waals surface area contributed by atoms with E-state index in [1.807, 2.05) is 48.1 Å². The van der Waals surface area contributed by atoms with Crippen LogP contribution in [0.25, 0.3) is 17.0 Å². The largest absolute Gasteiger partial charge is 0.393 e. The normalized spacial score (nSPS) is 21.1. The van der Waals surface area contributed by atoms with E-state index < -0.39 is 0 Å². The van der Waals surface area contributed by atoms with Gasteiger partial charge in [0.2, 0.25) is 5.95 Å². The summed E-state index contributed by atoms with van der Waals surface area (Å²) in [4.78, 5) is 13.6. The molecule has 0 radical (unpaired) electrons. The SMILES string of the molecule is Cc1cnc(N[C@H]2CC[C@H](O)CC2)nc1-c1cnc2ccccn12. The minimum Gasteiger partial charge on any atom is -0.393 e. The van der Waals surface area contributed by atoms with Crippen molar-refractivity contribution in [1.82, 2.24) is 19.4 Å². The molecule has 0 aromatic carbocycles. The van der Waals surface area contributed by atoms with Crippen molar-refractivity contribution in [2.24, 2.45) is 0 Å². The van der Waals surface area contributed by atoms with Gasteiger partial charge in [0, 0.05) is 18.4 Å². The number of pyridine rings is 1. The lowest BCUT2D eigenvalue weighted by Gasteiger charge is -2.26. The van der Waals surface area contributed by atoms with E-state index in [0.29, 0.717) is 12.0 Å². The van der Waals surface area contributed by atoms with E-state index in [0.717, 1.165) is 48.3 Å². The molecule has 4 rings (SSSR count). The van der Waals surface area contributed by atoms with Crippen LogP contribution in [0.5, 0.6) is 0 Å². The molecule has 3 aromatic heterocycles. The molecule has 0 saturated heterocycles. The van der Waals surface area contributed by atoms with Gasteiger partial charge in [-0.2, -0.15) is 0 Å². The second-order valence-electron chi connectivity index (χ2n) is 6.45. The first-order valence-corrected chi connectivity index (χ1v) is 8.41. The van der Waals surface area contributed by atoms with Crippen LogP contribution < -0.4 is 5.32 Å². The number of aliphatic hydroxyl groups excluding tert-OH is 1. The average molecular weight is 323 g/mol. The van der Waals surface area contributed by atoms with Gasteiger partial charge in [0.05, 0.1) is 23.7 Å². The zero-order chi connectivity index (χ0) is 16.5. The highest BCUT2D eigenvalue weighted by Crippen LogP contribution is 2.25.